The normalized spacial score (nSPS) is 16.3. The van der Waals surface area contributed by atoms with E-state index in [1.165, 1.54) is 16.4 Å². The largest absolute Gasteiger partial charge is 0.460 e. The van der Waals surface area contributed by atoms with E-state index < -0.39 is 14.9 Å². The van der Waals surface area contributed by atoms with Crippen molar-refractivity contribution in [1.82, 2.24) is 14.3 Å². The van der Waals surface area contributed by atoms with Crippen molar-refractivity contribution in [3.8, 4) is 6.01 Å². The van der Waals surface area contributed by atoms with Gasteiger partial charge in [-0.1, -0.05) is 6.07 Å². The van der Waals surface area contributed by atoms with E-state index in [9.17, 15) is 18.5 Å². The van der Waals surface area contributed by atoms with Crippen molar-refractivity contribution >= 4 is 15.7 Å². The van der Waals surface area contributed by atoms with Crippen LogP contribution in [0.15, 0.2) is 41.6 Å². The highest BCUT2D eigenvalue weighted by Gasteiger charge is 2.32. The van der Waals surface area contributed by atoms with Crippen LogP contribution >= 0.6 is 0 Å². The number of hydrogen-bond acceptors (Lipinski definition) is 7. The molecule has 1 aromatic carbocycles. The lowest BCUT2D eigenvalue weighted by Gasteiger charge is -2.31. The van der Waals surface area contributed by atoms with Gasteiger partial charge in [0.05, 0.1) is 9.82 Å². The molecule has 1 aromatic heterocycles. The Bertz CT molecular complexity index is 896. The van der Waals surface area contributed by atoms with Gasteiger partial charge >= 0.3 is 6.01 Å². The highest BCUT2D eigenvalue weighted by molar-refractivity contribution is 7.89. The summed E-state index contributed by atoms with van der Waals surface area (Å²) >= 11 is 0. The number of nitro benzene ring substituents is 1. The summed E-state index contributed by atoms with van der Waals surface area (Å²) in [7, 11) is -3.80. The Morgan fingerprint density at radius 1 is 1.23 bits per heavy atom. The molecule has 1 aliphatic rings. The molecule has 9 nitrogen and oxygen atoms in total. The number of nitrogens with zero attached hydrogens (tertiary/aromatic N) is 4. The third-order valence-corrected chi connectivity index (χ3v) is 6.26. The van der Waals surface area contributed by atoms with Crippen LogP contribution in [0.2, 0.25) is 0 Å². The summed E-state index contributed by atoms with van der Waals surface area (Å²) in [5.41, 5.74) is 0.236. The molecule has 0 amide bonds. The summed E-state index contributed by atoms with van der Waals surface area (Å²) in [4.78, 5) is 18.3. The van der Waals surface area contributed by atoms with Crippen LogP contribution in [-0.2, 0) is 10.0 Å². The fraction of sp³-hybridized carbons (Fsp3) is 0.375. The molecule has 0 spiro atoms. The molecule has 0 aliphatic carbocycles. The molecule has 3 rings (SSSR count). The lowest BCUT2D eigenvalue weighted by Crippen LogP contribution is -2.42. The Morgan fingerprint density at radius 3 is 2.50 bits per heavy atom. The smallest absolute Gasteiger partial charge is 0.316 e. The minimum absolute atomic E-state index is 0.0301. The first-order valence-corrected chi connectivity index (χ1v) is 9.51. The molecule has 1 saturated heterocycles. The van der Waals surface area contributed by atoms with Crippen LogP contribution < -0.4 is 4.74 Å². The summed E-state index contributed by atoms with van der Waals surface area (Å²) in [5, 5.41) is 11.0. The maximum absolute atomic E-state index is 12.9. The second-order valence-corrected chi connectivity index (χ2v) is 7.87. The van der Waals surface area contributed by atoms with Crippen molar-refractivity contribution in [2.24, 2.45) is 0 Å². The summed E-state index contributed by atoms with van der Waals surface area (Å²) in [6, 6.07) is 5.82. The van der Waals surface area contributed by atoms with E-state index in [0.29, 0.717) is 18.4 Å². The fourth-order valence-electron chi connectivity index (χ4n) is 2.80. The van der Waals surface area contributed by atoms with Gasteiger partial charge in [-0.2, -0.15) is 4.31 Å². The Labute approximate surface area is 150 Å². The molecule has 138 valence electrons. The molecule has 0 atom stereocenters. The molecule has 0 radical (unpaired) electrons. The van der Waals surface area contributed by atoms with Gasteiger partial charge in [0.25, 0.3) is 5.69 Å². The number of aromatic nitrogens is 2. The monoisotopic (exact) mass is 378 g/mol. The predicted octanol–water partition coefficient (Wildman–Crippen LogP) is 1.93. The Kier molecular flexibility index (Phi) is 5.14. The Hall–Kier alpha value is -2.59. The number of benzene rings is 1. The molecule has 26 heavy (non-hydrogen) atoms. The van der Waals surface area contributed by atoms with Gasteiger partial charge in [-0.05, 0) is 31.4 Å². The van der Waals surface area contributed by atoms with E-state index in [1.54, 1.807) is 25.4 Å². The number of sulfonamides is 1. The van der Waals surface area contributed by atoms with Gasteiger partial charge in [0.2, 0.25) is 10.0 Å². The second-order valence-electron chi connectivity index (χ2n) is 5.96. The first-order chi connectivity index (χ1) is 12.4. The quantitative estimate of drug-likeness (QED) is 0.576. The summed E-state index contributed by atoms with van der Waals surface area (Å²) < 4.78 is 32.8. The van der Waals surface area contributed by atoms with E-state index in [-0.39, 0.29) is 35.8 Å². The molecule has 0 bridgehead atoms. The lowest BCUT2D eigenvalue weighted by atomic mass is 10.1. The zero-order valence-electron chi connectivity index (χ0n) is 14.1. The van der Waals surface area contributed by atoms with E-state index in [0.717, 1.165) is 6.07 Å². The van der Waals surface area contributed by atoms with Gasteiger partial charge < -0.3 is 4.74 Å². The molecule has 0 N–H and O–H groups in total. The van der Waals surface area contributed by atoms with Crippen LogP contribution in [0.5, 0.6) is 6.01 Å². The van der Waals surface area contributed by atoms with Gasteiger partial charge in [0.1, 0.15) is 6.10 Å². The third-order valence-electron chi connectivity index (χ3n) is 4.22. The lowest BCUT2D eigenvalue weighted by molar-refractivity contribution is -0.385. The Morgan fingerprint density at radius 2 is 1.88 bits per heavy atom. The second kappa shape index (κ2) is 7.34. The third kappa shape index (κ3) is 3.81. The van der Waals surface area contributed by atoms with Crippen molar-refractivity contribution in [2.45, 2.75) is 30.8 Å². The number of non-ortho nitro benzene ring substituents is 1. The van der Waals surface area contributed by atoms with Crippen molar-refractivity contribution in [3.05, 3.63) is 52.3 Å². The number of rotatable bonds is 5. The van der Waals surface area contributed by atoms with Gasteiger partial charge in [0, 0.05) is 37.6 Å². The van der Waals surface area contributed by atoms with E-state index in [4.69, 9.17) is 4.74 Å². The topological polar surface area (TPSA) is 116 Å². The van der Waals surface area contributed by atoms with Gasteiger partial charge in [-0.25, -0.2) is 18.4 Å². The maximum atomic E-state index is 12.9. The van der Waals surface area contributed by atoms with E-state index >= 15 is 0 Å². The average Bonchev–Trinajstić information content (AvgIpc) is 2.63. The summed E-state index contributed by atoms with van der Waals surface area (Å²) in [6.45, 7) is 2.16. The molecule has 0 saturated carbocycles. The fourth-order valence-corrected chi connectivity index (χ4v) is 4.52. The van der Waals surface area contributed by atoms with Crippen molar-refractivity contribution in [3.63, 3.8) is 0 Å². The first-order valence-electron chi connectivity index (χ1n) is 8.07. The standard InChI is InChI=1S/C16H18N4O5S/c1-12-3-4-13(20(21)22)11-15(12)26(23,24)19-9-5-14(6-10-19)25-16-17-7-2-8-18-16/h2-4,7-8,11,14H,5-6,9-10H2,1H3. The van der Waals surface area contributed by atoms with Crippen LogP contribution in [0.25, 0.3) is 0 Å². The van der Waals surface area contributed by atoms with Crippen LogP contribution in [0, 0.1) is 17.0 Å². The van der Waals surface area contributed by atoms with Crippen LogP contribution in [0.4, 0.5) is 5.69 Å². The molecular formula is C16H18N4O5S. The highest BCUT2D eigenvalue weighted by Crippen LogP contribution is 2.27. The first kappa shape index (κ1) is 18.2. The molecule has 2 heterocycles. The SMILES string of the molecule is Cc1ccc([N+](=O)[O-])cc1S(=O)(=O)N1CCC(Oc2ncccn2)CC1. The molecule has 1 aliphatic heterocycles. The Balaban J connectivity index is 1.72. The van der Waals surface area contributed by atoms with E-state index in [2.05, 4.69) is 9.97 Å². The van der Waals surface area contributed by atoms with Crippen molar-refractivity contribution in [2.75, 3.05) is 13.1 Å². The van der Waals surface area contributed by atoms with Crippen molar-refractivity contribution < 1.29 is 18.1 Å². The van der Waals surface area contributed by atoms with Gasteiger partial charge in [-0.15, -0.1) is 0 Å². The number of piperidine rings is 1. The van der Waals surface area contributed by atoms with Crippen molar-refractivity contribution in [1.29, 1.82) is 0 Å². The minimum atomic E-state index is -3.80. The molecule has 2 aromatic rings. The molecule has 0 unspecified atom stereocenters. The minimum Gasteiger partial charge on any atom is -0.460 e. The average molecular weight is 378 g/mol. The van der Waals surface area contributed by atoms with Gasteiger partial charge in [0.15, 0.2) is 0 Å². The van der Waals surface area contributed by atoms with Crippen LogP contribution in [0.1, 0.15) is 18.4 Å². The number of hydrogen-bond donors (Lipinski definition) is 0. The molecular weight excluding hydrogens is 360 g/mol. The number of nitro groups is 1. The zero-order valence-corrected chi connectivity index (χ0v) is 14.9. The van der Waals surface area contributed by atoms with Crippen LogP contribution in [0.3, 0.4) is 0 Å². The molecule has 1 fully saturated rings. The highest BCUT2D eigenvalue weighted by atomic mass is 32.2. The summed E-state index contributed by atoms with van der Waals surface area (Å²) in [6.07, 6.45) is 3.96. The van der Waals surface area contributed by atoms with Gasteiger partial charge in [-0.3, -0.25) is 10.1 Å². The van der Waals surface area contributed by atoms with Crippen LogP contribution in [-0.4, -0.2) is 46.8 Å². The maximum Gasteiger partial charge on any atom is 0.316 e. The number of aryl methyl sites for hydroxylation is 1. The number of ether oxygens (including phenoxy) is 1. The predicted molar refractivity (Wildman–Crippen MR) is 92.3 cm³/mol. The zero-order chi connectivity index (χ0) is 18.7. The summed E-state index contributed by atoms with van der Waals surface area (Å²) in [5.74, 6) is 0. The molecule has 10 heteroatoms. The van der Waals surface area contributed by atoms with E-state index in [1.807, 2.05) is 0 Å².